The fourth-order valence-corrected chi connectivity index (χ4v) is 4.04. The molecule has 1 aromatic rings. The van der Waals surface area contributed by atoms with E-state index in [1.54, 1.807) is 0 Å². The summed E-state index contributed by atoms with van der Waals surface area (Å²) in [5, 5.41) is 3.36. The molecule has 6 heteroatoms. The van der Waals surface area contributed by atoms with Gasteiger partial charge in [0.1, 0.15) is 5.75 Å². The van der Waals surface area contributed by atoms with Crippen molar-refractivity contribution in [1.82, 2.24) is 5.32 Å². The molecule has 2 heterocycles. The summed E-state index contributed by atoms with van der Waals surface area (Å²) in [5.74, 6) is 4.72. The minimum absolute atomic E-state index is 0. The van der Waals surface area contributed by atoms with Crippen LogP contribution in [-0.2, 0) is 0 Å². The number of halogens is 1. The molecule has 3 N–H and O–H groups in total. The lowest BCUT2D eigenvalue weighted by atomic mass is 10.0. The highest BCUT2D eigenvalue weighted by atomic mass is 127. The van der Waals surface area contributed by atoms with E-state index in [1.165, 1.54) is 29.9 Å². The highest BCUT2D eigenvalue weighted by Crippen LogP contribution is 2.31. The van der Waals surface area contributed by atoms with Crippen LogP contribution in [0.25, 0.3) is 0 Å². The molecule has 1 aromatic carbocycles. The van der Waals surface area contributed by atoms with E-state index >= 15 is 0 Å². The number of hydrogen-bond donors (Lipinski definition) is 2. The number of fused-ring (bicyclic) bond motifs is 1. The molecule has 1 fully saturated rings. The van der Waals surface area contributed by atoms with Crippen molar-refractivity contribution in [3.63, 3.8) is 0 Å². The van der Waals surface area contributed by atoms with Gasteiger partial charge in [0.15, 0.2) is 5.96 Å². The van der Waals surface area contributed by atoms with Crippen molar-refractivity contribution >= 4 is 41.7 Å². The van der Waals surface area contributed by atoms with Gasteiger partial charge in [0, 0.05) is 18.5 Å². The topological polar surface area (TPSA) is 59.6 Å². The van der Waals surface area contributed by atoms with Gasteiger partial charge < -0.3 is 15.8 Å². The van der Waals surface area contributed by atoms with E-state index in [4.69, 9.17) is 10.5 Å². The van der Waals surface area contributed by atoms with E-state index in [0.717, 1.165) is 25.3 Å². The summed E-state index contributed by atoms with van der Waals surface area (Å²) in [4.78, 5) is 4.54. The molecule has 0 saturated carbocycles. The maximum Gasteiger partial charge on any atom is 0.189 e. The van der Waals surface area contributed by atoms with Gasteiger partial charge in [-0.15, -0.1) is 24.0 Å². The maximum absolute atomic E-state index is 6.07. The van der Waals surface area contributed by atoms with E-state index in [2.05, 4.69) is 16.4 Å². The summed E-state index contributed by atoms with van der Waals surface area (Å²) in [6, 6.07) is 8.35. The van der Waals surface area contributed by atoms with E-state index in [1.807, 2.05) is 30.0 Å². The van der Waals surface area contributed by atoms with Crippen LogP contribution in [0.4, 0.5) is 0 Å². The molecule has 2 aliphatic heterocycles. The highest BCUT2D eigenvalue weighted by molar-refractivity contribution is 14.0. The molecule has 22 heavy (non-hydrogen) atoms. The Morgan fingerprint density at radius 2 is 2.23 bits per heavy atom. The molecule has 2 unspecified atom stereocenters. The Balaban J connectivity index is 0.00000176. The van der Waals surface area contributed by atoms with E-state index in [0.29, 0.717) is 11.9 Å². The molecule has 122 valence electrons. The first kappa shape index (κ1) is 17.7. The number of nitrogens with zero attached hydrogens (tertiary/aromatic N) is 1. The van der Waals surface area contributed by atoms with Crippen LogP contribution in [0.3, 0.4) is 0 Å². The summed E-state index contributed by atoms with van der Waals surface area (Å²) in [6.07, 6.45) is 3.52. The Morgan fingerprint density at radius 1 is 1.36 bits per heavy atom. The third-order valence-corrected chi connectivity index (χ3v) is 5.34. The van der Waals surface area contributed by atoms with Gasteiger partial charge in [0.2, 0.25) is 0 Å². The molecule has 0 amide bonds. The van der Waals surface area contributed by atoms with E-state index in [9.17, 15) is 0 Å². The molecular formula is C16H24IN3OS. The zero-order valence-electron chi connectivity index (χ0n) is 12.7. The van der Waals surface area contributed by atoms with Crippen LogP contribution in [0.5, 0.6) is 5.75 Å². The van der Waals surface area contributed by atoms with E-state index in [-0.39, 0.29) is 30.0 Å². The van der Waals surface area contributed by atoms with Crippen LogP contribution in [0, 0.1) is 5.92 Å². The van der Waals surface area contributed by atoms with Crippen LogP contribution in [0.1, 0.15) is 30.9 Å². The van der Waals surface area contributed by atoms with Crippen molar-refractivity contribution in [3.05, 3.63) is 29.8 Å². The minimum atomic E-state index is 0. The number of aliphatic imine (C=N–C) groups is 1. The molecule has 4 nitrogen and oxygen atoms in total. The quantitative estimate of drug-likeness (QED) is 0.437. The molecule has 2 aliphatic rings. The SMILES string of the molecule is I.NC(=NCC1CCCSC1)NC1CCOc2ccccc21. The lowest BCUT2D eigenvalue weighted by molar-refractivity contribution is 0.262. The number of rotatable bonds is 3. The third kappa shape index (κ3) is 4.68. The van der Waals surface area contributed by atoms with Crippen molar-refractivity contribution in [3.8, 4) is 5.75 Å². The predicted molar refractivity (Wildman–Crippen MR) is 104 cm³/mol. The fourth-order valence-electron chi connectivity index (χ4n) is 2.90. The average molecular weight is 433 g/mol. The number of nitrogens with two attached hydrogens (primary N) is 1. The number of benzene rings is 1. The molecule has 0 aliphatic carbocycles. The normalized spacial score (nSPS) is 24.6. The molecule has 2 atom stereocenters. The van der Waals surface area contributed by atoms with Crippen molar-refractivity contribution in [2.75, 3.05) is 24.7 Å². The highest BCUT2D eigenvalue weighted by Gasteiger charge is 2.21. The zero-order chi connectivity index (χ0) is 14.5. The summed E-state index contributed by atoms with van der Waals surface area (Å²) in [7, 11) is 0. The lowest BCUT2D eigenvalue weighted by Crippen LogP contribution is -2.37. The molecule has 3 rings (SSSR count). The first-order valence-electron chi connectivity index (χ1n) is 7.69. The second-order valence-corrected chi connectivity index (χ2v) is 6.83. The summed E-state index contributed by atoms with van der Waals surface area (Å²) in [6.45, 7) is 1.57. The van der Waals surface area contributed by atoms with Gasteiger partial charge in [-0.1, -0.05) is 18.2 Å². The summed E-state index contributed by atoms with van der Waals surface area (Å²) < 4.78 is 5.67. The number of thioether (sulfide) groups is 1. The first-order valence-corrected chi connectivity index (χ1v) is 8.84. The monoisotopic (exact) mass is 433 g/mol. The molecular weight excluding hydrogens is 409 g/mol. The minimum Gasteiger partial charge on any atom is -0.493 e. The average Bonchev–Trinajstić information content (AvgIpc) is 2.54. The number of para-hydroxylation sites is 1. The molecule has 0 bridgehead atoms. The maximum atomic E-state index is 6.07. The van der Waals surface area contributed by atoms with Gasteiger partial charge in [0.25, 0.3) is 0 Å². The summed E-state index contributed by atoms with van der Waals surface area (Å²) >= 11 is 2.03. The van der Waals surface area contributed by atoms with Crippen LogP contribution in [-0.4, -0.2) is 30.6 Å². The largest absolute Gasteiger partial charge is 0.493 e. The molecule has 0 radical (unpaired) electrons. The van der Waals surface area contributed by atoms with Crippen molar-refractivity contribution < 1.29 is 4.74 Å². The standard InChI is InChI=1S/C16H23N3OS.HI/c17-16(18-10-12-4-3-9-21-11-12)19-14-7-8-20-15-6-2-1-5-13(14)15;/h1-2,5-6,12,14H,3-4,7-11H2,(H3,17,18,19);1H. The number of hydrogen-bond acceptors (Lipinski definition) is 3. The second kappa shape index (κ2) is 8.86. The van der Waals surface area contributed by atoms with E-state index < -0.39 is 0 Å². The number of ether oxygens (including phenoxy) is 1. The molecule has 0 spiro atoms. The van der Waals surface area contributed by atoms with Crippen LogP contribution >= 0.6 is 35.7 Å². The number of guanidine groups is 1. The van der Waals surface area contributed by atoms with Gasteiger partial charge in [-0.05, 0) is 36.3 Å². The smallest absolute Gasteiger partial charge is 0.189 e. The van der Waals surface area contributed by atoms with Crippen LogP contribution in [0.2, 0.25) is 0 Å². The Kier molecular flexibility index (Phi) is 7.14. The fraction of sp³-hybridized carbons (Fsp3) is 0.562. The third-order valence-electron chi connectivity index (χ3n) is 4.06. The van der Waals surface area contributed by atoms with Gasteiger partial charge in [-0.2, -0.15) is 11.8 Å². The van der Waals surface area contributed by atoms with Crippen molar-refractivity contribution in [2.45, 2.75) is 25.3 Å². The second-order valence-electron chi connectivity index (χ2n) is 5.68. The summed E-state index contributed by atoms with van der Waals surface area (Å²) in [5.41, 5.74) is 7.25. The van der Waals surface area contributed by atoms with Crippen LogP contribution < -0.4 is 15.8 Å². The van der Waals surface area contributed by atoms with Gasteiger partial charge in [-0.25, -0.2) is 0 Å². The van der Waals surface area contributed by atoms with Crippen molar-refractivity contribution in [2.24, 2.45) is 16.6 Å². The zero-order valence-corrected chi connectivity index (χ0v) is 15.8. The Labute approximate surface area is 153 Å². The lowest BCUT2D eigenvalue weighted by Gasteiger charge is -2.27. The van der Waals surface area contributed by atoms with Gasteiger partial charge in [-0.3, -0.25) is 4.99 Å². The van der Waals surface area contributed by atoms with Crippen molar-refractivity contribution in [1.29, 1.82) is 0 Å². The Hall–Kier alpha value is -0.630. The first-order chi connectivity index (χ1) is 10.3. The van der Waals surface area contributed by atoms with Gasteiger partial charge in [0.05, 0.1) is 12.6 Å². The number of nitrogens with one attached hydrogen (secondary N) is 1. The molecule has 1 saturated heterocycles. The molecule has 0 aromatic heterocycles. The Bertz CT molecular complexity index is 506. The Morgan fingerprint density at radius 3 is 3.05 bits per heavy atom. The van der Waals surface area contributed by atoms with Gasteiger partial charge >= 0.3 is 0 Å². The predicted octanol–water partition coefficient (Wildman–Crippen LogP) is 3.18. The van der Waals surface area contributed by atoms with Crippen LogP contribution in [0.15, 0.2) is 29.3 Å².